The van der Waals surface area contributed by atoms with Crippen molar-refractivity contribution >= 4 is 57.6 Å². The van der Waals surface area contributed by atoms with E-state index in [9.17, 15) is 19.7 Å². The number of non-ortho nitro benzene ring substituents is 1. The highest BCUT2D eigenvalue weighted by molar-refractivity contribution is 8.26. The van der Waals surface area contributed by atoms with Crippen LogP contribution in [0, 0.1) is 10.1 Å². The summed E-state index contributed by atoms with van der Waals surface area (Å²) in [5, 5.41) is 15.9. The predicted molar refractivity (Wildman–Crippen MR) is 117 cm³/mol. The zero-order chi connectivity index (χ0) is 21.7. The van der Waals surface area contributed by atoms with Crippen LogP contribution in [0.2, 0.25) is 0 Å². The van der Waals surface area contributed by atoms with Crippen LogP contribution in [0.25, 0.3) is 6.08 Å². The normalized spacial score (nSPS) is 14.4. The van der Waals surface area contributed by atoms with Gasteiger partial charge in [-0.25, -0.2) is 0 Å². The first-order valence-electron chi connectivity index (χ1n) is 8.45. The molecule has 0 bridgehead atoms. The third kappa shape index (κ3) is 5.33. The molecule has 1 saturated heterocycles. The number of methoxy groups -OCH3 is 1. The van der Waals surface area contributed by atoms with Crippen LogP contribution in [-0.2, 0) is 9.59 Å². The molecule has 0 aliphatic carbocycles. The molecule has 2 aromatic rings. The first-order chi connectivity index (χ1) is 14.4. The molecule has 0 atom stereocenters. The van der Waals surface area contributed by atoms with E-state index < -0.39 is 10.8 Å². The molecular formula is C19H15N3O6S2. The summed E-state index contributed by atoms with van der Waals surface area (Å²) in [5.74, 6) is -0.0511. The largest absolute Gasteiger partial charge is 0.493 e. The zero-order valence-electron chi connectivity index (χ0n) is 15.5. The number of benzene rings is 2. The monoisotopic (exact) mass is 445 g/mol. The highest BCUT2D eigenvalue weighted by Gasteiger charge is 2.22. The highest BCUT2D eigenvalue weighted by atomic mass is 32.2. The van der Waals surface area contributed by atoms with Crippen molar-refractivity contribution in [3.05, 3.63) is 63.0 Å². The topological polar surface area (TPSA) is 120 Å². The lowest BCUT2D eigenvalue weighted by atomic mass is 10.2. The summed E-state index contributed by atoms with van der Waals surface area (Å²) < 4.78 is 11.2. The van der Waals surface area contributed by atoms with E-state index in [1.54, 1.807) is 24.3 Å². The number of thioether (sulfide) groups is 1. The number of ether oxygens (including phenoxy) is 2. The Labute approximate surface area is 180 Å². The van der Waals surface area contributed by atoms with Gasteiger partial charge < -0.3 is 20.1 Å². The minimum absolute atomic E-state index is 0.130. The van der Waals surface area contributed by atoms with Gasteiger partial charge in [0.15, 0.2) is 18.1 Å². The Bertz CT molecular complexity index is 1070. The molecule has 0 spiro atoms. The molecule has 3 rings (SSSR count). The number of nitro groups is 1. The lowest BCUT2D eigenvalue weighted by Crippen LogP contribution is -2.20. The summed E-state index contributed by atoms with van der Waals surface area (Å²) in [7, 11) is 1.45. The minimum atomic E-state index is -0.547. The number of nitrogens with zero attached hydrogens (tertiary/aromatic N) is 1. The van der Waals surface area contributed by atoms with Crippen molar-refractivity contribution < 1.29 is 24.0 Å². The Hall–Kier alpha value is -3.44. The average molecular weight is 445 g/mol. The van der Waals surface area contributed by atoms with Crippen molar-refractivity contribution in [3.8, 4) is 11.5 Å². The smallest absolute Gasteiger partial charge is 0.271 e. The molecule has 0 unspecified atom stereocenters. The van der Waals surface area contributed by atoms with Crippen LogP contribution in [0.1, 0.15) is 5.56 Å². The summed E-state index contributed by atoms with van der Waals surface area (Å²) in [6.45, 7) is -0.327. The summed E-state index contributed by atoms with van der Waals surface area (Å²) in [6.07, 6.45) is 1.67. The van der Waals surface area contributed by atoms with Gasteiger partial charge in [-0.1, -0.05) is 36.1 Å². The van der Waals surface area contributed by atoms with Gasteiger partial charge in [-0.2, -0.15) is 0 Å². The molecule has 0 aromatic heterocycles. The van der Waals surface area contributed by atoms with Gasteiger partial charge in [-0.15, -0.1) is 0 Å². The van der Waals surface area contributed by atoms with E-state index in [0.29, 0.717) is 26.3 Å². The Balaban J connectivity index is 1.65. The van der Waals surface area contributed by atoms with Gasteiger partial charge in [0.1, 0.15) is 4.32 Å². The molecule has 0 radical (unpaired) electrons. The van der Waals surface area contributed by atoms with E-state index in [0.717, 1.165) is 0 Å². The summed E-state index contributed by atoms with van der Waals surface area (Å²) >= 11 is 6.13. The Morgan fingerprint density at radius 1 is 1.30 bits per heavy atom. The van der Waals surface area contributed by atoms with Gasteiger partial charge in [0.2, 0.25) is 0 Å². The number of thiocarbonyl (C=S) groups is 1. The molecule has 30 heavy (non-hydrogen) atoms. The van der Waals surface area contributed by atoms with Gasteiger partial charge in [0.25, 0.3) is 17.5 Å². The van der Waals surface area contributed by atoms with Crippen LogP contribution < -0.4 is 20.1 Å². The lowest BCUT2D eigenvalue weighted by Gasteiger charge is -2.11. The number of rotatable bonds is 7. The third-order valence-corrected chi connectivity index (χ3v) is 4.99. The molecule has 2 N–H and O–H groups in total. The number of amides is 2. The van der Waals surface area contributed by atoms with Crippen molar-refractivity contribution in [3.63, 3.8) is 0 Å². The summed E-state index contributed by atoms with van der Waals surface area (Å²) in [6, 6.07) is 10.6. The average Bonchev–Trinajstić information content (AvgIpc) is 3.03. The van der Waals surface area contributed by atoms with Gasteiger partial charge >= 0.3 is 0 Å². The second kappa shape index (κ2) is 9.37. The number of hydrogen-bond donors (Lipinski definition) is 2. The van der Waals surface area contributed by atoms with E-state index in [4.69, 9.17) is 21.7 Å². The zero-order valence-corrected chi connectivity index (χ0v) is 17.2. The number of anilines is 1. The van der Waals surface area contributed by atoms with E-state index in [2.05, 4.69) is 10.6 Å². The molecule has 1 aliphatic heterocycles. The standard InChI is InChI=1S/C19H15N3O6S2/c1-27-15-7-11(8-16-18(24)21-19(29)30-16)5-6-14(15)28-10-17(23)20-12-3-2-4-13(9-12)22(25)26/h2-9H,10H2,1H3,(H,20,23)(H,21,24,29)/b16-8+. The molecule has 2 aromatic carbocycles. The number of hydrogen-bond acceptors (Lipinski definition) is 8. The quantitative estimate of drug-likeness (QED) is 0.289. The van der Waals surface area contributed by atoms with Crippen LogP contribution >= 0.6 is 24.0 Å². The number of nitrogens with one attached hydrogen (secondary N) is 2. The fourth-order valence-electron chi connectivity index (χ4n) is 2.50. The SMILES string of the molecule is COc1cc(/C=C2/SC(=S)NC2=O)ccc1OCC(=O)Nc1cccc([N+](=O)[O-])c1. The van der Waals surface area contributed by atoms with Crippen LogP contribution in [-0.4, -0.2) is 34.8 Å². The summed E-state index contributed by atoms with van der Waals surface area (Å²) in [5.41, 5.74) is 0.856. The van der Waals surface area contributed by atoms with Crippen LogP contribution in [0.5, 0.6) is 11.5 Å². The van der Waals surface area contributed by atoms with E-state index in [-0.39, 0.29) is 23.9 Å². The van der Waals surface area contributed by atoms with Crippen LogP contribution in [0.15, 0.2) is 47.4 Å². The second-order valence-electron chi connectivity index (χ2n) is 5.91. The molecule has 9 nitrogen and oxygen atoms in total. The Kier molecular flexibility index (Phi) is 6.65. The lowest BCUT2D eigenvalue weighted by molar-refractivity contribution is -0.384. The molecule has 1 aliphatic rings. The number of nitro benzene ring substituents is 1. The Morgan fingerprint density at radius 3 is 2.77 bits per heavy atom. The van der Waals surface area contributed by atoms with Gasteiger partial charge in [-0.3, -0.25) is 19.7 Å². The van der Waals surface area contributed by atoms with Crippen molar-refractivity contribution in [2.75, 3.05) is 19.0 Å². The number of carbonyl (C=O) groups excluding carboxylic acids is 2. The maximum absolute atomic E-state index is 12.1. The van der Waals surface area contributed by atoms with Crippen molar-refractivity contribution in [1.82, 2.24) is 5.32 Å². The first-order valence-corrected chi connectivity index (χ1v) is 9.68. The molecule has 2 amide bonds. The highest BCUT2D eigenvalue weighted by Crippen LogP contribution is 2.31. The van der Waals surface area contributed by atoms with E-state index >= 15 is 0 Å². The predicted octanol–water partition coefficient (Wildman–Crippen LogP) is 3.11. The van der Waals surface area contributed by atoms with E-state index in [1.165, 1.54) is 43.1 Å². The van der Waals surface area contributed by atoms with Gasteiger partial charge in [-0.05, 0) is 29.8 Å². The maximum Gasteiger partial charge on any atom is 0.271 e. The number of carbonyl (C=O) groups is 2. The summed E-state index contributed by atoms with van der Waals surface area (Å²) in [4.78, 5) is 34.6. The first kappa shape index (κ1) is 21.3. The third-order valence-electron chi connectivity index (χ3n) is 3.83. The molecule has 1 heterocycles. The molecule has 11 heteroatoms. The van der Waals surface area contributed by atoms with Crippen LogP contribution in [0.4, 0.5) is 11.4 Å². The molecular weight excluding hydrogens is 430 g/mol. The maximum atomic E-state index is 12.1. The molecule has 0 saturated carbocycles. The van der Waals surface area contributed by atoms with E-state index in [1.807, 2.05) is 0 Å². The fourth-order valence-corrected chi connectivity index (χ4v) is 3.55. The van der Waals surface area contributed by atoms with Crippen molar-refractivity contribution in [1.29, 1.82) is 0 Å². The van der Waals surface area contributed by atoms with Crippen molar-refractivity contribution in [2.45, 2.75) is 0 Å². The van der Waals surface area contributed by atoms with Gasteiger partial charge in [0, 0.05) is 17.8 Å². The Morgan fingerprint density at radius 2 is 2.10 bits per heavy atom. The van der Waals surface area contributed by atoms with Crippen molar-refractivity contribution in [2.24, 2.45) is 0 Å². The van der Waals surface area contributed by atoms with Crippen LogP contribution in [0.3, 0.4) is 0 Å². The second-order valence-corrected chi connectivity index (χ2v) is 7.63. The van der Waals surface area contributed by atoms with Gasteiger partial charge in [0.05, 0.1) is 16.9 Å². The minimum Gasteiger partial charge on any atom is -0.493 e. The molecule has 154 valence electrons. The molecule has 1 fully saturated rings. The fraction of sp³-hybridized carbons (Fsp3) is 0.105.